The van der Waals surface area contributed by atoms with E-state index in [-0.39, 0.29) is 10.9 Å². The van der Waals surface area contributed by atoms with Gasteiger partial charge in [0.1, 0.15) is 0 Å². The molecule has 0 spiro atoms. The van der Waals surface area contributed by atoms with Crippen LogP contribution in [-0.2, 0) is 10.9 Å². The van der Waals surface area contributed by atoms with Crippen LogP contribution in [0.15, 0.2) is 58.3 Å². The van der Waals surface area contributed by atoms with Crippen molar-refractivity contribution in [2.24, 2.45) is 0 Å². The van der Waals surface area contributed by atoms with E-state index in [9.17, 15) is 0 Å². The summed E-state index contributed by atoms with van der Waals surface area (Å²) in [7, 11) is -0.189. The van der Waals surface area contributed by atoms with Crippen molar-refractivity contribution in [2.75, 3.05) is 0 Å². The van der Waals surface area contributed by atoms with Gasteiger partial charge in [0.25, 0.3) is 0 Å². The Balaban J connectivity index is 1.74. The van der Waals surface area contributed by atoms with Crippen LogP contribution in [0.25, 0.3) is 0 Å². The third-order valence-electron chi connectivity index (χ3n) is 3.94. The summed E-state index contributed by atoms with van der Waals surface area (Å²) < 4.78 is 6.02. The highest BCUT2D eigenvalue weighted by molar-refractivity contribution is 8.01. The fourth-order valence-electron chi connectivity index (χ4n) is 2.69. The molecular formula is C21H23OS+. The van der Waals surface area contributed by atoms with E-state index >= 15 is 0 Å². The molecule has 0 saturated heterocycles. The van der Waals surface area contributed by atoms with E-state index in [2.05, 4.69) is 42.4 Å². The summed E-state index contributed by atoms with van der Waals surface area (Å²) in [5.74, 6) is 5.32. The fourth-order valence-corrected chi connectivity index (χ4v) is 4.45. The molecule has 1 aliphatic heterocycles. The van der Waals surface area contributed by atoms with Gasteiger partial charge < -0.3 is 4.74 Å². The van der Waals surface area contributed by atoms with Crippen LogP contribution >= 0.6 is 0 Å². The third-order valence-corrected chi connectivity index (χ3v) is 5.84. The van der Waals surface area contributed by atoms with Crippen LogP contribution < -0.4 is 4.74 Å². The Morgan fingerprint density at radius 3 is 2.09 bits per heavy atom. The quantitative estimate of drug-likeness (QED) is 0.364. The Bertz CT molecular complexity index is 666. The minimum absolute atomic E-state index is 0.189. The zero-order valence-corrected chi connectivity index (χ0v) is 14.5. The van der Waals surface area contributed by atoms with Gasteiger partial charge in [-0.3, -0.25) is 0 Å². The first-order valence-electron chi connectivity index (χ1n) is 8.49. The molecule has 0 N–H and O–H groups in total. The second-order valence-corrected chi connectivity index (χ2v) is 7.44. The molecule has 1 nitrogen and oxygen atoms in total. The largest absolute Gasteiger partial charge is 0.447 e. The number of ether oxygens (including phenoxy) is 1. The number of fused-ring (bicyclic) bond motifs is 2. The molecule has 0 bridgehead atoms. The first kappa shape index (κ1) is 16.0. The summed E-state index contributed by atoms with van der Waals surface area (Å²) in [6.07, 6.45) is 7.48. The highest BCUT2D eigenvalue weighted by Gasteiger charge is 2.36. The van der Waals surface area contributed by atoms with Crippen LogP contribution in [0.1, 0.15) is 45.4 Å². The summed E-state index contributed by atoms with van der Waals surface area (Å²) in [5, 5.41) is 3.52. The predicted octanol–water partition coefficient (Wildman–Crippen LogP) is 6.15. The molecule has 0 aliphatic carbocycles. The standard InChI is InChI=1S/C21H23OS/c1-2-3-4-5-6-7-12-17-23-20-15-10-8-13-18(20)22-19-14-9-11-16-21(19)23/h8-11,13-16H,2-7H2,1H3/q+1. The summed E-state index contributed by atoms with van der Waals surface area (Å²) in [6.45, 7) is 2.25. The molecule has 2 aromatic rings. The SMILES string of the molecule is CCCCCCCC#C[S+]1c2ccccc2Oc2ccccc21. The number of benzene rings is 2. The van der Waals surface area contributed by atoms with Crippen molar-refractivity contribution in [1.82, 2.24) is 0 Å². The van der Waals surface area contributed by atoms with Gasteiger partial charge in [-0.05, 0) is 36.6 Å². The molecule has 0 atom stereocenters. The molecule has 2 aromatic carbocycles. The molecule has 0 radical (unpaired) electrons. The molecule has 0 fully saturated rings. The van der Waals surface area contributed by atoms with E-state index in [1.54, 1.807) is 0 Å². The highest BCUT2D eigenvalue weighted by atomic mass is 32.2. The van der Waals surface area contributed by atoms with Crippen LogP contribution in [0.2, 0.25) is 0 Å². The lowest BCUT2D eigenvalue weighted by atomic mass is 10.1. The van der Waals surface area contributed by atoms with Crippen molar-refractivity contribution in [3.8, 4) is 22.7 Å². The van der Waals surface area contributed by atoms with Gasteiger partial charge in [0.15, 0.2) is 27.6 Å². The zero-order chi connectivity index (χ0) is 15.9. The summed E-state index contributed by atoms with van der Waals surface area (Å²) in [5.41, 5.74) is 0. The molecule has 118 valence electrons. The molecule has 23 heavy (non-hydrogen) atoms. The van der Waals surface area contributed by atoms with Gasteiger partial charge >= 0.3 is 0 Å². The average Bonchev–Trinajstić information content (AvgIpc) is 2.60. The maximum Gasteiger partial charge on any atom is 0.218 e. The van der Waals surface area contributed by atoms with Crippen LogP contribution in [0.5, 0.6) is 11.5 Å². The normalized spacial score (nSPS) is 12.6. The molecule has 1 aliphatic rings. The Labute approximate surface area is 142 Å². The first-order chi connectivity index (χ1) is 11.4. The first-order valence-corrected chi connectivity index (χ1v) is 9.71. The van der Waals surface area contributed by atoms with Gasteiger partial charge in [0.2, 0.25) is 9.79 Å². The van der Waals surface area contributed by atoms with Gasteiger partial charge in [-0.15, -0.1) is 0 Å². The number of para-hydroxylation sites is 2. The third kappa shape index (κ3) is 3.92. The van der Waals surface area contributed by atoms with Gasteiger partial charge in [0, 0.05) is 6.42 Å². The van der Waals surface area contributed by atoms with Gasteiger partial charge in [0.05, 0.1) is 0 Å². The maximum absolute atomic E-state index is 6.02. The minimum atomic E-state index is -0.189. The summed E-state index contributed by atoms with van der Waals surface area (Å²) in [4.78, 5) is 2.43. The molecule has 0 saturated carbocycles. The van der Waals surface area contributed by atoms with Crippen molar-refractivity contribution in [3.05, 3.63) is 48.5 Å². The Morgan fingerprint density at radius 1 is 0.826 bits per heavy atom. The van der Waals surface area contributed by atoms with Crippen molar-refractivity contribution in [3.63, 3.8) is 0 Å². The van der Waals surface area contributed by atoms with E-state index < -0.39 is 0 Å². The molecule has 0 unspecified atom stereocenters. The smallest absolute Gasteiger partial charge is 0.218 e. The van der Waals surface area contributed by atoms with E-state index in [1.165, 1.54) is 41.9 Å². The molecular weight excluding hydrogens is 300 g/mol. The second-order valence-electron chi connectivity index (χ2n) is 5.74. The minimum Gasteiger partial charge on any atom is -0.447 e. The number of hydrogen-bond acceptors (Lipinski definition) is 1. The Morgan fingerprint density at radius 2 is 1.43 bits per heavy atom. The van der Waals surface area contributed by atoms with Crippen LogP contribution in [0.4, 0.5) is 0 Å². The number of unbranched alkanes of at least 4 members (excludes halogenated alkanes) is 5. The second kappa shape index (κ2) is 8.13. The van der Waals surface area contributed by atoms with Crippen LogP contribution in [0.3, 0.4) is 0 Å². The lowest BCUT2D eigenvalue weighted by Gasteiger charge is -2.16. The summed E-state index contributed by atoms with van der Waals surface area (Å²) in [6, 6.07) is 16.6. The van der Waals surface area contributed by atoms with E-state index in [0.29, 0.717) is 0 Å². The predicted molar refractivity (Wildman–Crippen MR) is 98.0 cm³/mol. The average molecular weight is 323 g/mol. The summed E-state index contributed by atoms with van der Waals surface area (Å²) >= 11 is 0. The van der Waals surface area contributed by atoms with Gasteiger partial charge in [-0.1, -0.05) is 56.9 Å². The Kier molecular flexibility index (Phi) is 5.66. The zero-order valence-electron chi connectivity index (χ0n) is 13.7. The monoisotopic (exact) mass is 323 g/mol. The van der Waals surface area contributed by atoms with E-state index in [4.69, 9.17) is 4.74 Å². The lowest BCUT2D eigenvalue weighted by Crippen LogP contribution is -2.09. The van der Waals surface area contributed by atoms with E-state index in [1.807, 2.05) is 24.3 Å². The molecule has 0 amide bonds. The lowest BCUT2D eigenvalue weighted by molar-refractivity contribution is 0.453. The Hall–Kier alpha value is -1.85. The molecule has 2 heteroatoms. The topological polar surface area (TPSA) is 9.23 Å². The maximum atomic E-state index is 6.02. The van der Waals surface area contributed by atoms with Gasteiger partial charge in [-0.2, -0.15) is 0 Å². The number of hydrogen-bond donors (Lipinski definition) is 0. The van der Waals surface area contributed by atoms with Crippen LogP contribution in [0, 0.1) is 11.2 Å². The van der Waals surface area contributed by atoms with Crippen molar-refractivity contribution in [1.29, 1.82) is 0 Å². The molecule has 1 heterocycles. The van der Waals surface area contributed by atoms with Crippen molar-refractivity contribution < 1.29 is 4.74 Å². The fraction of sp³-hybridized carbons (Fsp3) is 0.333. The van der Waals surface area contributed by atoms with Gasteiger partial charge in [-0.25, -0.2) is 0 Å². The van der Waals surface area contributed by atoms with E-state index in [0.717, 1.165) is 17.9 Å². The highest BCUT2D eigenvalue weighted by Crippen LogP contribution is 2.42. The molecule has 0 aromatic heterocycles. The van der Waals surface area contributed by atoms with Crippen molar-refractivity contribution in [2.45, 2.75) is 55.2 Å². The molecule has 3 rings (SSSR count). The van der Waals surface area contributed by atoms with Crippen molar-refractivity contribution >= 4 is 10.9 Å². The van der Waals surface area contributed by atoms with Crippen LogP contribution in [-0.4, -0.2) is 0 Å². The number of rotatable bonds is 5.